The summed E-state index contributed by atoms with van der Waals surface area (Å²) in [6, 6.07) is 9.98. The molecule has 0 spiro atoms. The van der Waals surface area contributed by atoms with E-state index in [1.165, 1.54) is 20.3 Å². The molecular weight excluding hydrogens is 350 g/mol. The van der Waals surface area contributed by atoms with Crippen LogP contribution in [-0.4, -0.2) is 39.0 Å². The number of carbonyl (C=O) groups excluding carboxylic acids is 3. The first-order valence-electron chi connectivity index (χ1n) is 8.07. The van der Waals surface area contributed by atoms with Crippen molar-refractivity contribution < 1.29 is 28.6 Å². The van der Waals surface area contributed by atoms with Crippen LogP contribution in [0.2, 0.25) is 0 Å². The number of anilines is 1. The first-order chi connectivity index (χ1) is 13.1. The van der Waals surface area contributed by atoms with E-state index in [1.807, 2.05) is 0 Å². The predicted octanol–water partition coefficient (Wildman–Crippen LogP) is 2.71. The van der Waals surface area contributed by atoms with E-state index in [-0.39, 0.29) is 17.9 Å². The van der Waals surface area contributed by atoms with Gasteiger partial charge in [-0.3, -0.25) is 9.59 Å². The number of nitrogens with one attached hydrogen (secondary N) is 1. The lowest BCUT2D eigenvalue weighted by Crippen LogP contribution is -2.20. The fraction of sp³-hybridized carbons (Fsp3) is 0.150. The number of rotatable bonds is 5. The Hall–Kier alpha value is -3.61. The van der Waals surface area contributed by atoms with Gasteiger partial charge in [0.1, 0.15) is 12.2 Å². The molecular formula is C20H17NO6. The number of para-hydroxylation sites is 1. The van der Waals surface area contributed by atoms with E-state index < -0.39 is 11.9 Å². The van der Waals surface area contributed by atoms with Crippen molar-refractivity contribution in [3.63, 3.8) is 0 Å². The van der Waals surface area contributed by atoms with Crippen LogP contribution in [0.15, 0.2) is 42.5 Å². The van der Waals surface area contributed by atoms with E-state index in [0.29, 0.717) is 34.4 Å². The molecule has 0 saturated carbocycles. The lowest BCUT2D eigenvalue weighted by Gasteiger charge is -2.22. The Morgan fingerprint density at radius 3 is 2.63 bits per heavy atom. The van der Waals surface area contributed by atoms with Gasteiger partial charge in [0.05, 0.1) is 19.9 Å². The number of ether oxygens (including phenoxy) is 3. The molecule has 0 unspecified atom stereocenters. The molecule has 0 saturated heterocycles. The number of hydrogen-bond donors (Lipinski definition) is 1. The van der Waals surface area contributed by atoms with Crippen LogP contribution >= 0.6 is 0 Å². The van der Waals surface area contributed by atoms with Crippen molar-refractivity contribution in [1.82, 2.24) is 0 Å². The summed E-state index contributed by atoms with van der Waals surface area (Å²) in [7, 11) is 2.89. The zero-order valence-corrected chi connectivity index (χ0v) is 14.8. The average molecular weight is 367 g/mol. The smallest absolute Gasteiger partial charge is 0.343 e. The molecule has 2 aromatic carbocycles. The third-order valence-electron chi connectivity index (χ3n) is 4.11. The first kappa shape index (κ1) is 18.2. The molecule has 27 heavy (non-hydrogen) atoms. The molecule has 0 radical (unpaired) electrons. The second kappa shape index (κ2) is 7.74. The second-order valence-corrected chi connectivity index (χ2v) is 5.66. The summed E-state index contributed by atoms with van der Waals surface area (Å²) in [6.45, 7) is -0.0515. The first-order valence-corrected chi connectivity index (χ1v) is 8.07. The highest BCUT2D eigenvalue weighted by atomic mass is 16.5. The molecule has 2 aromatic rings. The van der Waals surface area contributed by atoms with Gasteiger partial charge in [-0.05, 0) is 29.8 Å². The number of methoxy groups -OCH3 is 2. The van der Waals surface area contributed by atoms with Crippen LogP contribution in [0.5, 0.6) is 11.5 Å². The lowest BCUT2D eigenvalue weighted by molar-refractivity contribution is -0.111. The quantitative estimate of drug-likeness (QED) is 0.496. The Morgan fingerprint density at radius 1 is 1.15 bits per heavy atom. The molecule has 7 nitrogen and oxygen atoms in total. The van der Waals surface area contributed by atoms with Gasteiger partial charge in [-0.25, -0.2) is 4.79 Å². The minimum atomic E-state index is -0.551. The van der Waals surface area contributed by atoms with Crippen LogP contribution in [0.25, 0.3) is 5.57 Å². The molecule has 7 heteroatoms. The third-order valence-corrected chi connectivity index (χ3v) is 4.11. The average Bonchev–Trinajstić information content (AvgIpc) is 2.69. The fourth-order valence-corrected chi connectivity index (χ4v) is 2.85. The molecule has 138 valence electrons. The highest BCUT2D eigenvalue weighted by molar-refractivity contribution is 6.09. The molecule has 0 atom stereocenters. The molecule has 1 heterocycles. The molecule has 1 aliphatic heterocycles. The fourth-order valence-electron chi connectivity index (χ4n) is 2.85. The van der Waals surface area contributed by atoms with E-state index in [4.69, 9.17) is 14.2 Å². The third kappa shape index (κ3) is 3.52. The van der Waals surface area contributed by atoms with E-state index in [1.54, 1.807) is 36.4 Å². The zero-order valence-electron chi connectivity index (χ0n) is 14.8. The zero-order chi connectivity index (χ0) is 19.4. The Bertz CT molecular complexity index is 947. The van der Waals surface area contributed by atoms with Gasteiger partial charge in [0.2, 0.25) is 5.91 Å². The Balaban J connectivity index is 1.97. The molecule has 3 rings (SSSR count). The Morgan fingerprint density at radius 2 is 1.93 bits per heavy atom. The van der Waals surface area contributed by atoms with Crippen molar-refractivity contribution in [3.8, 4) is 11.5 Å². The van der Waals surface area contributed by atoms with Crippen LogP contribution in [0, 0.1) is 0 Å². The van der Waals surface area contributed by atoms with E-state index in [2.05, 4.69) is 5.32 Å². The van der Waals surface area contributed by atoms with Gasteiger partial charge in [0, 0.05) is 17.2 Å². The van der Waals surface area contributed by atoms with Crippen molar-refractivity contribution >= 4 is 29.4 Å². The summed E-state index contributed by atoms with van der Waals surface area (Å²) in [5.74, 6) is -0.362. The molecule has 1 aliphatic rings. The maximum Gasteiger partial charge on any atom is 0.343 e. The number of fused-ring (bicyclic) bond motifs is 1. The van der Waals surface area contributed by atoms with Crippen LogP contribution < -0.4 is 14.8 Å². The van der Waals surface area contributed by atoms with Crippen molar-refractivity contribution in [1.29, 1.82) is 0 Å². The van der Waals surface area contributed by atoms with Crippen molar-refractivity contribution in [2.45, 2.75) is 0 Å². The van der Waals surface area contributed by atoms with Gasteiger partial charge in [-0.15, -0.1) is 0 Å². The summed E-state index contributed by atoms with van der Waals surface area (Å²) in [6.07, 6.45) is 2.00. The SMILES string of the molecule is COc1ccc2c(c1OC)C(=O)OC/C2=C\C(=O)Nc1ccccc1C=O. The monoisotopic (exact) mass is 367 g/mol. The second-order valence-electron chi connectivity index (χ2n) is 5.66. The van der Waals surface area contributed by atoms with Gasteiger partial charge in [0.25, 0.3) is 0 Å². The molecule has 1 amide bonds. The van der Waals surface area contributed by atoms with Crippen LogP contribution in [0.3, 0.4) is 0 Å². The van der Waals surface area contributed by atoms with Gasteiger partial charge >= 0.3 is 5.97 Å². The summed E-state index contributed by atoms with van der Waals surface area (Å²) in [4.78, 5) is 35.7. The van der Waals surface area contributed by atoms with E-state index >= 15 is 0 Å². The number of carbonyl (C=O) groups is 3. The molecule has 0 aromatic heterocycles. The molecule has 1 N–H and O–H groups in total. The van der Waals surface area contributed by atoms with Crippen molar-refractivity contribution in [2.75, 3.05) is 26.1 Å². The molecule has 0 fully saturated rings. The largest absolute Gasteiger partial charge is 0.493 e. The maximum absolute atomic E-state index is 12.4. The highest BCUT2D eigenvalue weighted by Gasteiger charge is 2.29. The van der Waals surface area contributed by atoms with Gasteiger partial charge in [-0.1, -0.05) is 12.1 Å². The summed E-state index contributed by atoms with van der Waals surface area (Å²) < 4.78 is 15.7. The standard InChI is InChI=1S/C20H17NO6/c1-25-16-8-7-14-13(11-27-20(24)18(14)19(16)26-2)9-17(23)21-15-6-4-3-5-12(15)10-22/h3-10H,11H2,1-2H3,(H,21,23)/b13-9+. The maximum atomic E-state index is 12.4. The van der Waals surface area contributed by atoms with Crippen molar-refractivity contribution in [3.05, 3.63) is 59.2 Å². The number of amides is 1. The number of esters is 1. The summed E-state index contributed by atoms with van der Waals surface area (Å²) in [5, 5.41) is 2.66. The van der Waals surface area contributed by atoms with Crippen LogP contribution in [-0.2, 0) is 9.53 Å². The lowest BCUT2D eigenvalue weighted by atomic mass is 9.96. The number of cyclic esters (lactones) is 1. The minimum absolute atomic E-state index is 0.0515. The Kier molecular flexibility index (Phi) is 5.21. The molecule has 0 aliphatic carbocycles. The van der Waals surface area contributed by atoms with E-state index in [0.717, 1.165) is 0 Å². The van der Waals surface area contributed by atoms with Gasteiger partial charge in [0.15, 0.2) is 17.8 Å². The number of aldehydes is 1. The van der Waals surface area contributed by atoms with Crippen LogP contribution in [0.1, 0.15) is 26.3 Å². The normalized spacial score (nSPS) is 14.1. The summed E-state index contributed by atoms with van der Waals surface area (Å²) in [5.41, 5.74) is 2.01. The minimum Gasteiger partial charge on any atom is -0.493 e. The topological polar surface area (TPSA) is 90.9 Å². The Labute approximate surface area is 155 Å². The van der Waals surface area contributed by atoms with Crippen molar-refractivity contribution in [2.24, 2.45) is 0 Å². The van der Waals surface area contributed by atoms with Crippen LogP contribution in [0.4, 0.5) is 5.69 Å². The predicted molar refractivity (Wildman–Crippen MR) is 98.3 cm³/mol. The van der Waals surface area contributed by atoms with E-state index in [9.17, 15) is 14.4 Å². The number of benzene rings is 2. The molecule has 0 bridgehead atoms. The summed E-state index contributed by atoms with van der Waals surface area (Å²) >= 11 is 0. The van der Waals surface area contributed by atoms with Gasteiger partial charge in [-0.2, -0.15) is 0 Å². The van der Waals surface area contributed by atoms with Gasteiger partial charge < -0.3 is 19.5 Å². The number of hydrogen-bond acceptors (Lipinski definition) is 6. The highest BCUT2D eigenvalue weighted by Crippen LogP contribution is 2.39.